The Labute approximate surface area is 166 Å². The average Bonchev–Trinajstić information content (AvgIpc) is 3.31. The Bertz CT molecular complexity index is 1020. The maximum Gasteiger partial charge on any atom is 0.261 e. The molecule has 2 aliphatic rings. The van der Waals surface area contributed by atoms with Crippen LogP contribution in [0.1, 0.15) is 20.7 Å². The van der Waals surface area contributed by atoms with Crippen LogP contribution in [0.2, 0.25) is 0 Å². The second kappa shape index (κ2) is 6.96. The van der Waals surface area contributed by atoms with E-state index in [4.69, 9.17) is 0 Å². The van der Waals surface area contributed by atoms with Gasteiger partial charge in [0.05, 0.1) is 16.5 Å². The van der Waals surface area contributed by atoms with Gasteiger partial charge in [0.1, 0.15) is 17.0 Å². The van der Waals surface area contributed by atoms with Crippen LogP contribution < -0.4 is 4.90 Å². The Hall–Kier alpha value is -2.84. The van der Waals surface area contributed by atoms with Crippen molar-refractivity contribution in [2.24, 2.45) is 0 Å². The van der Waals surface area contributed by atoms with Gasteiger partial charge in [-0.3, -0.25) is 19.4 Å². The zero-order valence-electron chi connectivity index (χ0n) is 15.2. The topological polar surface area (TPSA) is 69.6 Å². The number of hydrogen-bond donors (Lipinski definition) is 0. The first kappa shape index (κ1) is 17.3. The zero-order chi connectivity index (χ0) is 19.1. The number of nitrogens with zero attached hydrogens (tertiary/aromatic N) is 5. The molecule has 3 aromatic rings. The van der Waals surface area contributed by atoms with Gasteiger partial charge in [-0.2, -0.15) is 0 Å². The molecule has 1 fully saturated rings. The largest absolute Gasteiger partial charge is 0.353 e. The summed E-state index contributed by atoms with van der Waals surface area (Å²) in [6.45, 7) is 4.59. The van der Waals surface area contributed by atoms with Gasteiger partial charge < -0.3 is 4.90 Å². The van der Waals surface area contributed by atoms with Gasteiger partial charge in [-0.05, 0) is 23.6 Å². The van der Waals surface area contributed by atoms with Crippen molar-refractivity contribution in [1.29, 1.82) is 0 Å². The fraction of sp³-hybridized carbons (Fsp3) is 0.300. The van der Waals surface area contributed by atoms with Crippen LogP contribution in [0.25, 0.3) is 10.2 Å². The van der Waals surface area contributed by atoms with Gasteiger partial charge in [0, 0.05) is 39.3 Å². The highest BCUT2D eigenvalue weighted by Gasteiger charge is 2.35. The molecule has 1 saturated heterocycles. The van der Waals surface area contributed by atoms with Gasteiger partial charge in [0.25, 0.3) is 11.8 Å². The molecule has 0 aliphatic carbocycles. The molecule has 8 heteroatoms. The summed E-state index contributed by atoms with van der Waals surface area (Å²) in [5.41, 5.74) is 1.03. The van der Waals surface area contributed by atoms with Crippen molar-refractivity contribution in [3.63, 3.8) is 0 Å². The Morgan fingerprint density at radius 2 is 1.61 bits per heavy atom. The fourth-order valence-corrected chi connectivity index (χ4v) is 4.62. The molecule has 2 aromatic heterocycles. The smallest absolute Gasteiger partial charge is 0.261 e. The lowest BCUT2D eigenvalue weighted by Gasteiger charge is -2.36. The van der Waals surface area contributed by atoms with Crippen LogP contribution in [0.3, 0.4) is 0 Å². The summed E-state index contributed by atoms with van der Waals surface area (Å²) in [5, 5.41) is 3.15. The summed E-state index contributed by atoms with van der Waals surface area (Å²) in [5.74, 6) is 0.631. The fourth-order valence-electron chi connectivity index (χ4n) is 3.90. The monoisotopic (exact) mass is 393 g/mol. The lowest BCUT2D eigenvalue weighted by molar-refractivity contribution is 0.0635. The molecule has 2 amide bonds. The van der Waals surface area contributed by atoms with Crippen molar-refractivity contribution < 1.29 is 9.59 Å². The van der Waals surface area contributed by atoms with E-state index in [0.717, 1.165) is 42.2 Å². The molecule has 1 aromatic carbocycles. The van der Waals surface area contributed by atoms with Crippen molar-refractivity contribution in [3.8, 4) is 0 Å². The molecule has 0 spiro atoms. The minimum Gasteiger partial charge on any atom is -0.353 e. The third-order valence-electron chi connectivity index (χ3n) is 5.43. The van der Waals surface area contributed by atoms with Crippen LogP contribution >= 0.6 is 11.3 Å². The molecule has 142 valence electrons. The van der Waals surface area contributed by atoms with Crippen molar-refractivity contribution in [2.75, 3.05) is 44.2 Å². The maximum absolute atomic E-state index is 12.5. The third-order valence-corrected chi connectivity index (χ3v) is 6.25. The Morgan fingerprint density at radius 3 is 2.32 bits per heavy atom. The molecule has 5 rings (SSSR count). The van der Waals surface area contributed by atoms with Crippen molar-refractivity contribution in [1.82, 2.24) is 19.8 Å². The highest BCUT2D eigenvalue weighted by Crippen LogP contribution is 2.27. The highest BCUT2D eigenvalue weighted by atomic mass is 32.1. The minimum absolute atomic E-state index is 0.180. The summed E-state index contributed by atoms with van der Waals surface area (Å²) in [4.78, 5) is 40.7. The van der Waals surface area contributed by atoms with E-state index in [1.54, 1.807) is 41.9 Å². The summed E-state index contributed by atoms with van der Waals surface area (Å²) >= 11 is 1.63. The molecule has 28 heavy (non-hydrogen) atoms. The van der Waals surface area contributed by atoms with Crippen molar-refractivity contribution >= 4 is 39.2 Å². The lowest BCUT2D eigenvalue weighted by atomic mass is 10.1. The van der Waals surface area contributed by atoms with E-state index in [0.29, 0.717) is 24.2 Å². The number of carbonyl (C=O) groups is 2. The maximum atomic E-state index is 12.5. The Kier molecular flexibility index (Phi) is 4.29. The van der Waals surface area contributed by atoms with Crippen LogP contribution in [0.5, 0.6) is 0 Å². The number of rotatable bonds is 4. The predicted molar refractivity (Wildman–Crippen MR) is 108 cm³/mol. The van der Waals surface area contributed by atoms with E-state index >= 15 is 0 Å². The molecule has 0 radical (unpaired) electrons. The van der Waals surface area contributed by atoms with Gasteiger partial charge in [-0.1, -0.05) is 12.1 Å². The number of carbonyl (C=O) groups excluding carboxylic acids is 2. The van der Waals surface area contributed by atoms with E-state index in [1.807, 2.05) is 5.38 Å². The number of anilines is 1. The minimum atomic E-state index is -0.180. The quantitative estimate of drug-likeness (QED) is 0.633. The normalized spacial score (nSPS) is 17.6. The number of hydrogen-bond acceptors (Lipinski definition) is 7. The number of imide groups is 1. The first-order chi connectivity index (χ1) is 13.7. The number of amides is 2. The van der Waals surface area contributed by atoms with E-state index in [9.17, 15) is 9.59 Å². The molecule has 7 nitrogen and oxygen atoms in total. The van der Waals surface area contributed by atoms with Gasteiger partial charge in [-0.25, -0.2) is 9.97 Å². The summed E-state index contributed by atoms with van der Waals surface area (Å²) in [6, 6.07) is 9.11. The first-order valence-electron chi connectivity index (χ1n) is 9.33. The number of benzene rings is 1. The Balaban J connectivity index is 1.20. The van der Waals surface area contributed by atoms with Crippen LogP contribution in [0, 0.1) is 0 Å². The second-order valence-electron chi connectivity index (χ2n) is 6.97. The molecular formula is C20H19N5O2S. The van der Waals surface area contributed by atoms with E-state index < -0.39 is 0 Å². The molecule has 0 N–H and O–H groups in total. The van der Waals surface area contributed by atoms with Crippen LogP contribution in [-0.2, 0) is 0 Å². The number of fused-ring (bicyclic) bond motifs is 2. The van der Waals surface area contributed by atoms with Crippen molar-refractivity contribution in [2.45, 2.75) is 0 Å². The molecule has 4 heterocycles. The van der Waals surface area contributed by atoms with E-state index in [2.05, 4.69) is 25.8 Å². The average molecular weight is 393 g/mol. The summed E-state index contributed by atoms with van der Waals surface area (Å²) in [6.07, 6.45) is 1.63. The lowest BCUT2D eigenvalue weighted by Crippen LogP contribution is -2.49. The number of aromatic nitrogens is 2. The predicted octanol–water partition coefficient (Wildman–Crippen LogP) is 2.11. The molecule has 0 bridgehead atoms. The summed E-state index contributed by atoms with van der Waals surface area (Å²) in [7, 11) is 0. The van der Waals surface area contributed by atoms with Gasteiger partial charge in [-0.15, -0.1) is 11.3 Å². The first-order valence-corrected chi connectivity index (χ1v) is 10.2. The molecular weight excluding hydrogens is 374 g/mol. The highest BCUT2D eigenvalue weighted by molar-refractivity contribution is 7.16. The summed E-state index contributed by atoms with van der Waals surface area (Å²) < 4.78 is 0. The molecule has 0 atom stereocenters. The SMILES string of the molecule is O=C1c2ccccc2C(=O)N1CCN1CCN(c2ncnc3sccc23)CC1. The zero-order valence-corrected chi connectivity index (χ0v) is 16.1. The van der Waals surface area contributed by atoms with Gasteiger partial charge in [0.15, 0.2) is 0 Å². The molecule has 2 aliphatic heterocycles. The van der Waals surface area contributed by atoms with E-state index in [1.165, 1.54) is 4.90 Å². The molecule has 0 unspecified atom stereocenters. The van der Waals surface area contributed by atoms with E-state index in [-0.39, 0.29) is 11.8 Å². The standard InChI is InChI=1S/C20H19N5O2S/c26-19-14-3-1-2-4-15(14)20(27)25(19)11-8-23-6-9-24(10-7-23)17-16-5-12-28-18(16)22-13-21-17/h1-5,12-13H,6-11H2. The number of piperazine rings is 1. The third kappa shape index (κ3) is 2.85. The molecule has 0 saturated carbocycles. The number of thiophene rings is 1. The van der Waals surface area contributed by atoms with Gasteiger partial charge in [0.2, 0.25) is 0 Å². The van der Waals surface area contributed by atoms with Crippen LogP contribution in [0.15, 0.2) is 42.0 Å². The second-order valence-corrected chi connectivity index (χ2v) is 7.87. The Morgan fingerprint density at radius 1 is 0.893 bits per heavy atom. The van der Waals surface area contributed by atoms with Crippen LogP contribution in [-0.4, -0.2) is 70.9 Å². The van der Waals surface area contributed by atoms with Crippen LogP contribution in [0.4, 0.5) is 5.82 Å². The van der Waals surface area contributed by atoms with Crippen molar-refractivity contribution in [3.05, 3.63) is 53.2 Å². The van der Waals surface area contributed by atoms with Gasteiger partial charge >= 0.3 is 0 Å².